The second-order valence-electron chi connectivity index (χ2n) is 4.57. The molecule has 0 amide bonds. The average molecular weight is 186 g/mol. The van der Waals surface area contributed by atoms with E-state index in [1.807, 2.05) is 6.92 Å². The molecule has 1 fully saturated rings. The topological polar surface area (TPSA) is 26.3 Å². The fraction of sp³-hybridized carbons (Fsp3) is 0.889. The lowest BCUT2D eigenvalue weighted by molar-refractivity contribution is -0.144. The molecular weight excluding hydrogens is 168 g/mol. The standard InChI is InChI=1S/C9H18O2Si/c1-5-11-9(10)7-6-8(7)12(2,3)4/h7-8H,5-6H2,1-4H3/t7-,8-/m1/s1. The van der Waals surface area contributed by atoms with Crippen LogP contribution in [0.1, 0.15) is 13.3 Å². The predicted octanol–water partition coefficient (Wildman–Crippen LogP) is 2.28. The molecule has 1 rings (SSSR count). The van der Waals surface area contributed by atoms with Gasteiger partial charge in [-0.1, -0.05) is 19.6 Å². The van der Waals surface area contributed by atoms with E-state index in [-0.39, 0.29) is 11.9 Å². The molecule has 3 heteroatoms. The van der Waals surface area contributed by atoms with Crippen LogP contribution in [0.15, 0.2) is 0 Å². The van der Waals surface area contributed by atoms with Crippen LogP contribution in [0.4, 0.5) is 0 Å². The third-order valence-corrected chi connectivity index (χ3v) is 5.35. The Kier molecular flexibility index (Phi) is 2.61. The van der Waals surface area contributed by atoms with Crippen molar-refractivity contribution in [1.29, 1.82) is 0 Å². The number of ether oxygens (including phenoxy) is 1. The summed E-state index contributed by atoms with van der Waals surface area (Å²) in [5.74, 6) is 0.279. The molecule has 0 aromatic rings. The van der Waals surface area contributed by atoms with Crippen LogP contribution in [0.3, 0.4) is 0 Å². The van der Waals surface area contributed by atoms with Crippen LogP contribution in [0.25, 0.3) is 0 Å². The van der Waals surface area contributed by atoms with Crippen molar-refractivity contribution in [3.05, 3.63) is 0 Å². The second-order valence-corrected chi connectivity index (χ2v) is 10.0. The van der Waals surface area contributed by atoms with E-state index in [1.54, 1.807) is 0 Å². The van der Waals surface area contributed by atoms with Gasteiger partial charge < -0.3 is 4.74 Å². The summed E-state index contributed by atoms with van der Waals surface area (Å²) in [7, 11) is -1.08. The molecule has 0 unspecified atom stereocenters. The van der Waals surface area contributed by atoms with Crippen molar-refractivity contribution in [3.8, 4) is 0 Å². The van der Waals surface area contributed by atoms with Gasteiger partial charge in [-0.25, -0.2) is 0 Å². The molecule has 0 aliphatic heterocycles. The number of rotatable bonds is 3. The van der Waals surface area contributed by atoms with Gasteiger partial charge >= 0.3 is 5.97 Å². The largest absolute Gasteiger partial charge is 0.466 e. The van der Waals surface area contributed by atoms with Gasteiger partial charge in [0.05, 0.1) is 12.5 Å². The Hall–Kier alpha value is -0.313. The van der Waals surface area contributed by atoms with E-state index < -0.39 is 8.07 Å². The highest BCUT2D eigenvalue weighted by molar-refractivity contribution is 6.78. The molecule has 2 nitrogen and oxygen atoms in total. The summed E-state index contributed by atoms with van der Waals surface area (Å²) in [4.78, 5) is 11.3. The van der Waals surface area contributed by atoms with Crippen molar-refractivity contribution in [1.82, 2.24) is 0 Å². The summed E-state index contributed by atoms with van der Waals surface area (Å²) in [6.45, 7) is 9.34. The van der Waals surface area contributed by atoms with Gasteiger partial charge in [0.2, 0.25) is 0 Å². The van der Waals surface area contributed by atoms with Gasteiger partial charge in [0, 0.05) is 8.07 Å². The van der Waals surface area contributed by atoms with Crippen LogP contribution in [0, 0.1) is 5.92 Å². The Balaban J connectivity index is 2.37. The fourth-order valence-electron chi connectivity index (χ4n) is 1.66. The molecule has 1 saturated carbocycles. The number of hydrogen-bond donors (Lipinski definition) is 0. The van der Waals surface area contributed by atoms with E-state index in [2.05, 4.69) is 19.6 Å². The first-order valence-corrected chi connectivity index (χ1v) is 8.21. The smallest absolute Gasteiger partial charge is 0.308 e. The highest BCUT2D eigenvalue weighted by Crippen LogP contribution is 2.52. The van der Waals surface area contributed by atoms with Gasteiger partial charge in [-0.15, -0.1) is 0 Å². The van der Waals surface area contributed by atoms with Crippen LogP contribution in [0.5, 0.6) is 0 Å². The minimum atomic E-state index is -1.08. The Bertz CT molecular complexity index is 183. The Morgan fingerprint density at radius 2 is 2.08 bits per heavy atom. The van der Waals surface area contributed by atoms with Crippen molar-refractivity contribution in [2.24, 2.45) is 5.92 Å². The zero-order valence-corrected chi connectivity index (χ0v) is 9.39. The molecule has 12 heavy (non-hydrogen) atoms. The molecule has 0 aromatic carbocycles. The molecule has 1 aliphatic rings. The molecule has 2 atom stereocenters. The van der Waals surface area contributed by atoms with E-state index in [1.165, 1.54) is 0 Å². The average Bonchev–Trinajstić information content (AvgIpc) is 2.62. The van der Waals surface area contributed by atoms with Crippen molar-refractivity contribution in [3.63, 3.8) is 0 Å². The lowest BCUT2D eigenvalue weighted by atomic mass is 10.4. The first-order chi connectivity index (χ1) is 5.46. The van der Waals surface area contributed by atoms with E-state index in [0.717, 1.165) is 6.42 Å². The predicted molar refractivity (Wildman–Crippen MR) is 51.8 cm³/mol. The third kappa shape index (κ3) is 2.09. The maximum atomic E-state index is 11.3. The van der Waals surface area contributed by atoms with Gasteiger partial charge in [0.15, 0.2) is 0 Å². The second kappa shape index (κ2) is 3.21. The van der Waals surface area contributed by atoms with Crippen LogP contribution < -0.4 is 0 Å². The Labute approximate surface area is 75.3 Å². The first kappa shape index (κ1) is 9.77. The fourth-order valence-corrected chi connectivity index (χ4v) is 3.97. The van der Waals surface area contributed by atoms with Gasteiger partial charge in [-0.3, -0.25) is 4.79 Å². The molecule has 0 spiro atoms. The van der Waals surface area contributed by atoms with Crippen molar-refractivity contribution in [2.75, 3.05) is 6.61 Å². The van der Waals surface area contributed by atoms with Gasteiger partial charge in [0.25, 0.3) is 0 Å². The lowest BCUT2D eigenvalue weighted by Gasteiger charge is -2.14. The minimum Gasteiger partial charge on any atom is -0.466 e. The maximum absolute atomic E-state index is 11.3. The monoisotopic (exact) mass is 186 g/mol. The van der Waals surface area contributed by atoms with Gasteiger partial charge in [-0.2, -0.15) is 0 Å². The summed E-state index contributed by atoms with van der Waals surface area (Å²) in [6, 6.07) is 0. The highest BCUT2D eigenvalue weighted by Gasteiger charge is 2.51. The number of hydrogen-bond acceptors (Lipinski definition) is 2. The molecule has 0 saturated heterocycles. The minimum absolute atomic E-state index is 0.0323. The SMILES string of the molecule is CCOC(=O)[C@@H]1C[C@H]1[Si](C)(C)C. The molecule has 0 aromatic heterocycles. The summed E-state index contributed by atoms with van der Waals surface area (Å²) in [6.07, 6.45) is 1.08. The zero-order chi connectivity index (χ0) is 9.35. The third-order valence-electron chi connectivity index (χ3n) is 2.49. The normalized spacial score (nSPS) is 28.3. The van der Waals surface area contributed by atoms with E-state index in [0.29, 0.717) is 12.1 Å². The first-order valence-electron chi connectivity index (χ1n) is 4.63. The molecule has 1 aliphatic carbocycles. The van der Waals surface area contributed by atoms with Crippen molar-refractivity contribution >= 4 is 14.0 Å². The zero-order valence-electron chi connectivity index (χ0n) is 8.39. The number of esters is 1. The number of carbonyl (C=O) groups is 1. The van der Waals surface area contributed by atoms with E-state index in [4.69, 9.17) is 4.74 Å². The van der Waals surface area contributed by atoms with Crippen LogP contribution >= 0.6 is 0 Å². The van der Waals surface area contributed by atoms with Gasteiger partial charge in [-0.05, 0) is 18.9 Å². The van der Waals surface area contributed by atoms with Crippen molar-refractivity contribution in [2.45, 2.75) is 38.5 Å². The molecular formula is C9H18O2Si. The summed E-state index contributed by atoms with van der Waals surface area (Å²) in [5, 5.41) is 0. The molecule has 0 radical (unpaired) electrons. The highest BCUT2D eigenvalue weighted by atomic mass is 28.3. The van der Waals surface area contributed by atoms with Crippen LogP contribution in [-0.4, -0.2) is 20.7 Å². The van der Waals surface area contributed by atoms with Crippen LogP contribution in [0.2, 0.25) is 25.2 Å². The van der Waals surface area contributed by atoms with Crippen molar-refractivity contribution < 1.29 is 9.53 Å². The Morgan fingerprint density at radius 3 is 2.42 bits per heavy atom. The molecule has 0 N–H and O–H groups in total. The van der Waals surface area contributed by atoms with Gasteiger partial charge in [0.1, 0.15) is 0 Å². The maximum Gasteiger partial charge on any atom is 0.308 e. The van der Waals surface area contributed by atoms with Crippen LogP contribution in [-0.2, 0) is 9.53 Å². The number of carbonyl (C=O) groups excluding carboxylic acids is 1. The Morgan fingerprint density at radius 1 is 1.50 bits per heavy atom. The molecule has 70 valence electrons. The summed E-state index contributed by atoms with van der Waals surface area (Å²) in [5.41, 5.74) is 0.677. The summed E-state index contributed by atoms with van der Waals surface area (Å²) >= 11 is 0. The molecule has 0 bridgehead atoms. The van der Waals surface area contributed by atoms with E-state index in [9.17, 15) is 4.79 Å². The molecule has 0 heterocycles. The quantitative estimate of drug-likeness (QED) is 0.499. The van der Waals surface area contributed by atoms with E-state index >= 15 is 0 Å². The summed E-state index contributed by atoms with van der Waals surface area (Å²) < 4.78 is 4.97. The lowest BCUT2D eigenvalue weighted by Crippen LogP contribution is -2.22.